The first kappa shape index (κ1) is 23.5. The highest BCUT2D eigenvalue weighted by atomic mass is 19.1. The smallest absolute Gasteiger partial charge is 0.278 e. The number of benzene rings is 2. The molecule has 0 spiro atoms. The second kappa shape index (κ2) is 8.75. The third kappa shape index (κ3) is 4.06. The molecule has 1 amide bonds. The lowest BCUT2D eigenvalue weighted by Gasteiger charge is -2.19. The number of nitrogens with zero attached hydrogens (tertiary/aromatic N) is 3. The summed E-state index contributed by atoms with van der Waals surface area (Å²) in [4.78, 5) is 38.7. The molecule has 2 N–H and O–H groups in total. The van der Waals surface area contributed by atoms with Gasteiger partial charge in [-0.25, -0.2) is 9.07 Å². The summed E-state index contributed by atoms with van der Waals surface area (Å²) in [5.41, 5.74) is 2.77. The van der Waals surface area contributed by atoms with Gasteiger partial charge in [-0.05, 0) is 56.5 Å². The monoisotopic (exact) mass is 487 g/mol. The van der Waals surface area contributed by atoms with Crippen LogP contribution in [0.15, 0.2) is 52.1 Å². The average molecular weight is 488 g/mol. The maximum absolute atomic E-state index is 14.8. The van der Waals surface area contributed by atoms with Gasteiger partial charge >= 0.3 is 0 Å². The Morgan fingerprint density at radius 3 is 2.50 bits per heavy atom. The summed E-state index contributed by atoms with van der Waals surface area (Å²) in [5.74, 6) is -0.703. The number of pyridine rings is 1. The Hall–Kier alpha value is -4.27. The highest BCUT2D eigenvalue weighted by molar-refractivity contribution is 6.01. The Kier molecular flexibility index (Phi) is 5.70. The molecule has 184 valence electrons. The Bertz CT molecular complexity index is 1670. The van der Waals surface area contributed by atoms with Crippen molar-refractivity contribution in [1.82, 2.24) is 14.3 Å². The van der Waals surface area contributed by atoms with Crippen molar-refractivity contribution in [1.29, 1.82) is 0 Å². The molecule has 1 saturated carbocycles. The summed E-state index contributed by atoms with van der Waals surface area (Å²) in [6, 6.07) is 11.8. The molecular formula is C27H26FN5O3. The molecule has 0 aliphatic heterocycles. The van der Waals surface area contributed by atoms with Crippen LogP contribution in [0.4, 0.5) is 21.5 Å². The number of carbonyl (C=O) groups excluding carboxylic acids is 1. The molecule has 2 heterocycles. The first-order chi connectivity index (χ1) is 17.2. The van der Waals surface area contributed by atoms with Crippen molar-refractivity contribution in [3.8, 4) is 11.3 Å². The minimum atomic E-state index is -0.483. The fraction of sp³-hybridized carbons (Fsp3) is 0.259. The number of carbonyl (C=O) groups is 1. The van der Waals surface area contributed by atoms with Gasteiger partial charge in [0, 0.05) is 30.8 Å². The molecular weight excluding hydrogens is 461 g/mol. The summed E-state index contributed by atoms with van der Waals surface area (Å²) in [7, 11) is 1.59. The highest BCUT2D eigenvalue weighted by Crippen LogP contribution is 2.37. The summed E-state index contributed by atoms with van der Waals surface area (Å²) in [5, 5.41) is 10.7. The van der Waals surface area contributed by atoms with E-state index < -0.39 is 5.82 Å². The maximum atomic E-state index is 14.8. The van der Waals surface area contributed by atoms with Crippen LogP contribution < -0.4 is 21.8 Å². The molecule has 36 heavy (non-hydrogen) atoms. The minimum absolute atomic E-state index is 0.0410. The summed E-state index contributed by atoms with van der Waals surface area (Å²) < 4.78 is 17.7. The van der Waals surface area contributed by atoms with Crippen LogP contribution >= 0.6 is 0 Å². The van der Waals surface area contributed by atoms with Crippen LogP contribution in [-0.4, -0.2) is 20.3 Å². The predicted octanol–water partition coefficient (Wildman–Crippen LogP) is 4.56. The van der Waals surface area contributed by atoms with Crippen LogP contribution in [0.5, 0.6) is 0 Å². The summed E-state index contributed by atoms with van der Waals surface area (Å²) in [6.45, 7) is 4.82. The number of halogens is 1. The first-order valence-electron chi connectivity index (χ1n) is 11.7. The number of hydrogen-bond donors (Lipinski definition) is 2. The van der Waals surface area contributed by atoms with Crippen molar-refractivity contribution in [3.63, 3.8) is 0 Å². The zero-order valence-electron chi connectivity index (χ0n) is 20.5. The number of fused-ring (bicyclic) bond motifs is 1. The second-order valence-electron chi connectivity index (χ2n) is 9.29. The van der Waals surface area contributed by atoms with E-state index in [1.165, 1.54) is 22.2 Å². The van der Waals surface area contributed by atoms with E-state index in [1.54, 1.807) is 51.2 Å². The van der Waals surface area contributed by atoms with Gasteiger partial charge in [0.1, 0.15) is 11.5 Å². The largest absolute Gasteiger partial charge is 0.352 e. The average Bonchev–Trinajstić information content (AvgIpc) is 3.67. The van der Waals surface area contributed by atoms with Gasteiger partial charge in [0.25, 0.3) is 11.1 Å². The van der Waals surface area contributed by atoms with E-state index in [-0.39, 0.29) is 39.8 Å². The number of aryl methyl sites for hydroxylation is 2. The van der Waals surface area contributed by atoms with E-state index in [2.05, 4.69) is 10.6 Å². The van der Waals surface area contributed by atoms with E-state index in [0.29, 0.717) is 28.0 Å². The molecule has 0 unspecified atom stereocenters. The number of rotatable bonds is 5. The van der Waals surface area contributed by atoms with Crippen LogP contribution in [0.3, 0.4) is 0 Å². The van der Waals surface area contributed by atoms with E-state index >= 15 is 0 Å². The molecule has 1 aliphatic rings. The lowest BCUT2D eigenvalue weighted by Crippen LogP contribution is -2.29. The molecule has 8 nitrogen and oxygen atoms in total. The Balaban J connectivity index is 1.85. The van der Waals surface area contributed by atoms with Crippen molar-refractivity contribution in [3.05, 3.63) is 80.1 Å². The van der Waals surface area contributed by atoms with Gasteiger partial charge in [-0.15, -0.1) is 0 Å². The molecule has 0 bridgehead atoms. The molecule has 0 saturated heterocycles. The van der Waals surface area contributed by atoms with Crippen molar-refractivity contribution < 1.29 is 9.18 Å². The lowest BCUT2D eigenvalue weighted by molar-refractivity contribution is -0.114. The third-order valence-corrected chi connectivity index (χ3v) is 6.41. The Morgan fingerprint density at radius 2 is 1.83 bits per heavy atom. The molecule has 4 aromatic rings. The zero-order valence-corrected chi connectivity index (χ0v) is 20.5. The van der Waals surface area contributed by atoms with Crippen molar-refractivity contribution in [2.24, 2.45) is 7.05 Å². The summed E-state index contributed by atoms with van der Waals surface area (Å²) >= 11 is 0. The van der Waals surface area contributed by atoms with Gasteiger partial charge < -0.3 is 15.2 Å². The van der Waals surface area contributed by atoms with E-state index in [1.807, 2.05) is 6.07 Å². The Labute approximate surface area is 206 Å². The second-order valence-corrected chi connectivity index (χ2v) is 9.29. The normalized spacial score (nSPS) is 13.1. The molecule has 2 aromatic heterocycles. The van der Waals surface area contributed by atoms with Crippen LogP contribution in [0, 0.1) is 19.7 Å². The van der Waals surface area contributed by atoms with Gasteiger partial charge in [-0.1, -0.05) is 18.2 Å². The van der Waals surface area contributed by atoms with Gasteiger partial charge in [0.05, 0.1) is 28.3 Å². The Morgan fingerprint density at radius 1 is 1.08 bits per heavy atom. The van der Waals surface area contributed by atoms with Gasteiger partial charge in [-0.2, -0.15) is 5.10 Å². The quantitative estimate of drug-likeness (QED) is 0.430. The predicted molar refractivity (Wildman–Crippen MR) is 138 cm³/mol. The number of hydrogen-bond acceptors (Lipinski definition) is 5. The van der Waals surface area contributed by atoms with Crippen molar-refractivity contribution >= 4 is 33.9 Å². The van der Waals surface area contributed by atoms with Crippen LogP contribution in [0.1, 0.15) is 36.9 Å². The number of amides is 1. The maximum Gasteiger partial charge on any atom is 0.278 e. The lowest BCUT2D eigenvalue weighted by atomic mass is 10.0. The standard InChI is InChI=1S/C27H26FN5O3/c1-14-8-11-21(20(28)12-14)30-23-15(2)26(35)32(4)25-22(23)27(36)33(19-9-10-19)31-24(25)17-6-5-7-18(13-17)29-16(3)34/h5-8,11-13,19,30H,9-10H2,1-4H3,(H,29,34). The molecule has 0 atom stereocenters. The van der Waals surface area contributed by atoms with Crippen LogP contribution in [0.25, 0.3) is 22.2 Å². The SMILES string of the molecule is CC(=O)Nc1cccc(-c2nn(C3CC3)c(=O)c3c(Nc4ccc(C)cc4F)c(C)c(=O)n(C)c23)c1. The van der Waals surface area contributed by atoms with Gasteiger partial charge in [0.2, 0.25) is 5.91 Å². The molecule has 1 aliphatic carbocycles. The van der Waals surface area contributed by atoms with Crippen molar-refractivity contribution in [2.45, 2.75) is 39.7 Å². The zero-order chi connectivity index (χ0) is 25.7. The molecule has 9 heteroatoms. The number of aromatic nitrogens is 3. The molecule has 2 aromatic carbocycles. The van der Waals surface area contributed by atoms with E-state index in [4.69, 9.17) is 5.10 Å². The molecule has 5 rings (SSSR count). The van der Waals surface area contributed by atoms with E-state index in [9.17, 15) is 18.8 Å². The van der Waals surface area contributed by atoms with Gasteiger partial charge in [-0.3, -0.25) is 14.4 Å². The first-order valence-corrected chi connectivity index (χ1v) is 11.7. The fourth-order valence-electron chi connectivity index (χ4n) is 4.46. The third-order valence-electron chi connectivity index (χ3n) is 6.41. The molecule has 0 radical (unpaired) electrons. The topological polar surface area (TPSA) is 98.0 Å². The van der Waals surface area contributed by atoms with Crippen molar-refractivity contribution in [2.75, 3.05) is 10.6 Å². The highest BCUT2D eigenvalue weighted by Gasteiger charge is 2.30. The minimum Gasteiger partial charge on any atom is -0.352 e. The summed E-state index contributed by atoms with van der Waals surface area (Å²) in [6.07, 6.45) is 1.65. The van der Waals surface area contributed by atoms with Gasteiger partial charge in [0.15, 0.2) is 0 Å². The molecule has 1 fully saturated rings. The number of anilines is 3. The fourth-order valence-corrected chi connectivity index (χ4v) is 4.46. The number of nitrogens with one attached hydrogen (secondary N) is 2. The van der Waals surface area contributed by atoms with Crippen LogP contribution in [-0.2, 0) is 11.8 Å². The van der Waals surface area contributed by atoms with Crippen LogP contribution in [0.2, 0.25) is 0 Å². The van der Waals surface area contributed by atoms with E-state index in [0.717, 1.165) is 18.4 Å².